The second-order valence-electron chi connectivity index (χ2n) is 11.1. The van der Waals surface area contributed by atoms with Gasteiger partial charge in [-0.05, 0) is 76.9 Å². The highest BCUT2D eigenvalue weighted by molar-refractivity contribution is 5.92. The van der Waals surface area contributed by atoms with Crippen LogP contribution in [0.25, 0.3) is 11.0 Å². The first-order chi connectivity index (χ1) is 19.2. The van der Waals surface area contributed by atoms with Gasteiger partial charge in [0.1, 0.15) is 17.5 Å². The molecule has 1 amide bonds. The zero-order chi connectivity index (χ0) is 28.5. The summed E-state index contributed by atoms with van der Waals surface area (Å²) in [6.45, 7) is 7.86. The van der Waals surface area contributed by atoms with Gasteiger partial charge < -0.3 is 25.1 Å². The van der Waals surface area contributed by atoms with Crippen LogP contribution in [-0.2, 0) is 9.47 Å². The summed E-state index contributed by atoms with van der Waals surface area (Å²) < 4.78 is 11.9. The first-order valence-electron chi connectivity index (χ1n) is 13.8. The summed E-state index contributed by atoms with van der Waals surface area (Å²) >= 11 is 0. The highest BCUT2D eigenvalue weighted by Crippen LogP contribution is 2.30. The van der Waals surface area contributed by atoms with E-state index in [4.69, 9.17) is 20.2 Å². The lowest BCUT2D eigenvalue weighted by Crippen LogP contribution is -2.40. The van der Waals surface area contributed by atoms with Crippen molar-refractivity contribution in [3.63, 3.8) is 0 Å². The predicted octanol–water partition coefficient (Wildman–Crippen LogP) is 4.73. The van der Waals surface area contributed by atoms with E-state index >= 15 is 0 Å². The van der Waals surface area contributed by atoms with Crippen LogP contribution in [0.5, 0.6) is 0 Å². The molecule has 0 radical (unpaired) electrons. The fraction of sp³-hybridized carbons (Fsp3) is 0.452. The second kappa shape index (κ2) is 13.5. The number of unbranched alkanes of at least 4 members (excludes halogenated alkanes) is 1. The number of imidazole rings is 1. The molecule has 4 N–H and O–H groups in total. The lowest BCUT2D eigenvalue weighted by molar-refractivity contribution is -0.0264. The number of fused-ring (bicyclic) bond motifs is 1. The number of hydrogen-bond donors (Lipinski definition) is 3. The Hall–Kier alpha value is -3.87. The Bertz CT molecular complexity index is 1340. The van der Waals surface area contributed by atoms with Crippen LogP contribution in [0.15, 0.2) is 53.5 Å². The number of amides is 1. The molecule has 40 heavy (non-hydrogen) atoms. The third kappa shape index (κ3) is 8.83. The average molecular weight is 545 g/mol. The Labute approximate surface area is 236 Å². The molecule has 4 rings (SSSR count). The summed E-state index contributed by atoms with van der Waals surface area (Å²) in [4.78, 5) is 26.6. The monoisotopic (exact) mass is 544 g/mol. The molecule has 0 bridgehead atoms. The molecule has 2 aromatic carbocycles. The first-order valence-corrected chi connectivity index (χ1v) is 13.8. The Balaban J connectivity index is 1.39. The molecular formula is C31H40N6O3. The normalized spacial score (nSPS) is 15.8. The van der Waals surface area contributed by atoms with Gasteiger partial charge in [-0.3, -0.25) is 10.3 Å². The number of likely N-dealkylation sites (tertiary alicyclic amines) is 1. The number of alkyl carbamates (subject to hydrolysis) is 1. The standard InChI is InChI=1S/C31H40N6O3/c1-31(2,3)40-30(38)36-29(32)33-18-9-5-6-11-22-12-10-13-23(21-22)27(39-24-16-19-37(4)20-17-24)28-34-25-14-7-8-15-26(25)35-28/h7-8,10,12-15,21,24,27H,5,9,16-20H2,1-4H3,(H,34,35)(H3,32,33,36,38). The molecule has 1 saturated heterocycles. The zero-order valence-electron chi connectivity index (χ0n) is 23.9. The van der Waals surface area contributed by atoms with Crippen molar-refractivity contribution in [3.8, 4) is 11.8 Å². The number of aromatic nitrogens is 2. The molecule has 3 aromatic rings. The number of carbonyl (C=O) groups is 1. The second-order valence-corrected chi connectivity index (χ2v) is 11.1. The van der Waals surface area contributed by atoms with E-state index < -0.39 is 11.7 Å². The highest BCUT2D eigenvalue weighted by Gasteiger charge is 2.26. The molecule has 0 saturated carbocycles. The van der Waals surface area contributed by atoms with E-state index in [9.17, 15) is 4.79 Å². The van der Waals surface area contributed by atoms with E-state index in [0.29, 0.717) is 19.4 Å². The summed E-state index contributed by atoms with van der Waals surface area (Å²) in [5.41, 5.74) is 9.04. The van der Waals surface area contributed by atoms with E-state index in [-0.39, 0.29) is 18.2 Å². The summed E-state index contributed by atoms with van der Waals surface area (Å²) in [7, 11) is 2.15. The number of nitrogens with two attached hydrogens (primary N) is 1. The summed E-state index contributed by atoms with van der Waals surface area (Å²) in [5.74, 6) is 7.32. The minimum atomic E-state index is -0.617. The summed E-state index contributed by atoms with van der Waals surface area (Å²) in [6, 6.07) is 16.2. The van der Waals surface area contributed by atoms with Gasteiger partial charge in [0, 0.05) is 31.6 Å². The molecular weight excluding hydrogens is 504 g/mol. The zero-order valence-corrected chi connectivity index (χ0v) is 23.9. The van der Waals surface area contributed by atoms with Gasteiger partial charge in [-0.1, -0.05) is 36.1 Å². The Morgan fingerprint density at radius 2 is 2.00 bits per heavy atom. The maximum atomic E-state index is 11.8. The number of H-pyrrole nitrogens is 1. The molecule has 1 atom stereocenters. The number of aromatic amines is 1. The van der Waals surface area contributed by atoms with Gasteiger partial charge in [-0.2, -0.15) is 0 Å². The molecule has 9 nitrogen and oxygen atoms in total. The fourth-order valence-corrected chi connectivity index (χ4v) is 4.47. The fourth-order valence-electron chi connectivity index (χ4n) is 4.47. The number of nitrogens with zero attached hydrogens (tertiary/aromatic N) is 3. The van der Waals surface area contributed by atoms with Gasteiger partial charge in [0.2, 0.25) is 0 Å². The Kier molecular flexibility index (Phi) is 9.80. The molecule has 0 spiro atoms. The van der Waals surface area contributed by atoms with Crippen LogP contribution in [0.2, 0.25) is 0 Å². The van der Waals surface area contributed by atoms with Crippen molar-refractivity contribution < 1.29 is 14.3 Å². The largest absolute Gasteiger partial charge is 0.444 e. The molecule has 1 aliphatic rings. The van der Waals surface area contributed by atoms with Crippen LogP contribution >= 0.6 is 0 Å². The van der Waals surface area contributed by atoms with Crippen LogP contribution in [0.1, 0.15) is 69.5 Å². The third-order valence-corrected chi connectivity index (χ3v) is 6.44. The maximum absolute atomic E-state index is 11.8. The lowest BCUT2D eigenvalue weighted by atomic mass is 10.0. The quantitative estimate of drug-likeness (QED) is 0.171. The van der Waals surface area contributed by atoms with Crippen molar-refractivity contribution >= 4 is 23.1 Å². The van der Waals surface area contributed by atoms with E-state index in [1.54, 1.807) is 20.8 Å². The Morgan fingerprint density at radius 1 is 1.23 bits per heavy atom. The summed E-state index contributed by atoms with van der Waals surface area (Å²) in [6.07, 6.45) is 2.59. The van der Waals surface area contributed by atoms with E-state index in [1.165, 1.54) is 0 Å². The van der Waals surface area contributed by atoms with Crippen LogP contribution < -0.4 is 11.1 Å². The van der Waals surface area contributed by atoms with Gasteiger partial charge in [0.25, 0.3) is 0 Å². The molecule has 1 aliphatic heterocycles. The van der Waals surface area contributed by atoms with Crippen LogP contribution in [0, 0.1) is 11.8 Å². The van der Waals surface area contributed by atoms with Crippen LogP contribution in [0.4, 0.5) is 4.79 Å². The molecule has 212 valence electrons. The number of para-hydroxylation sites is 2. The van der Waals surface area contributed by atoms with Crippen molar-refractivity contribution in [2.24, 2.45) is 10.7 Å². The van der Waals surface area contributed by atoms with E-state index in [2.05, 4.69) is 51.2 Å². The van der Waals surface area contributed by atoms with Gasteiger partial charge >= 0.3 is 6.09 Å². The predicted molar refractivity (Wildman–Crippen MR) is 158 cm³/mol. The number of benzene rings is 2. The number of piperidine rings is 1. The van der Waals surface area contributed by atoms with Crippen molar-refractivity contribution in [1.29, 1.82) is 0 Å². The molecule has 0 aliphatic carbocycles. The van der Waals surface area contributed by atoms with Gasteiger partial charge in [0.05, 0.1) is 17.1 Å². The maximum Gasteiger partial charge on any atom is 0.414 e. The van der Waals surface area contributed by atoms with Gasteiger partial charge in [-0.25, -0.2) is 9.78 Å². The molecule has 1 unspecified atom stereocenters. The third-order valence-electron chi connectivity index (χ3n) is 6.44. The minimum absolute atomic E-state index is 0.0381. The number of carbonyl (C=O) groups excluding carboxylic acids is 1. The number of guanidine groups is 1. The van der Waals surface area contributed by atoms with E-state index in [0.717, 1.165) is 53.9 Å². The number of ether oxygens (including phenoxy) is 2. The van der Waals surface area contributed by atoms with Gasteiger partial charge in [0.15, 0.2) is 5.96 Å². The van der Waals surface area contributed by atoms with Crippen molar-refractivity contribution in [1.82, 2.24) is 20.2 Å². The van der Waals surface area contributed by atoms with Crippen molar-refractivity contribution in [3.05, 3.63) is 65.5 Å². The molecule has 9 heteroatoms. The molecule has 1 fully saturated rings. The number of rotatable bonds is 7. The SMILES string of the molecule is CN1CCC(OC(c2cccc(C#CCCCN=C(N)NC(=O)OC(C)(C)C)c2)c2nc3ccccc3[nH]2)CC1. The summed E-state index contributed by atoms with van der Waals surface area (Å²) in [5, 5.41) is 2.43. The lowest BCUT2D eigenvalue weighted by Gasteiger charge is -2.31. The topological polar surface area (TPSA) is 118 Å². The van der Waals surface area contributed by atoms with E-state index in [1.807, 2.05) is 36.4 Å². The van der Waals surface area contributed by atoms with Crippen molar-refractivity contribution in [2.45, 2.75) is 64.3 Å². The Morgan fingerprint density at radius 3 is 2.75 bits per heavy atom. The minimum Gasteiger partial charge on any atom is -0.444 e. The molecule has 2 heterocycles. The van der Waals surface area contributed by atoms with Gasteiger partial charge in [-0.15, -0.1) is 0 Å². The average Bonchev–Trinajstić information content (AvgIpc) is 3.33. The highest BCUT2D eigenvalue weighted by atomic mass is 16.6. The van der Waals surface area contributed by atoms with Crippen LogP contribution in [-0.4, -0.2) is 65.3 Å². The van der Waals surface area contributed by atoms with Crippen LogP contribution in [0.3, 0.4) is 0 Å². The number of nitrogens with one attached hydrogen (secondary N) is 2. The smallest absolute Gasteiger partial charge is 0.414 e. The first kappa shape index (κ1) is 29.1. The molecule has 1 aromatic heterocycles. The van der Waals surface area contributed by atoms with Crippen molar-refractivity contribution in [2.75, 3.05) is 26.7 Å². The number of hydrogen-bond acceptors (Lipinski definition) is 6. The number of aliphatic imine (C=N–C) groups is 1.